The van der Waals surface area contributed by atoms with Gasteiger partial charge in [0, 0.05) is 27.5 Å². The van der Waals surface area contributed by atoms with E-state index in [9.17, 15) is 5.26 Å². The molecule has 0 saturated heterocycles. The number of nitrogens with zero attached hydrogens (tertiary/aromatic N) is 4. The molecule has 0 radical (unpaired) electrons. The molecule has 6 aromatic rings. The van der Waals surface area contributed by atoms with Crippen molar-refractivity contribution in [2.75, 3.05) is 0 Å². The van der Waals surface area contributed by atoms with Gasteiger partial charge in [-0.1, -0.05) is 54.6 Å². The highest BCUT2D eigenvalue weighted by atomic mass is 15.1. The fraction of sp³-hybridized carbons (Fsp3) is 0.0667. The van der Waals surface area contributed by atoms with Gasteiger partial charge in [-0.25, -0.2) is 4.98 Å². The third kappa shape index (κ3) is 2.61. The fourth-order valence-corrected chi connectivity index (χ4v) is 5.30. The molecule has 34 heavy (non-hydrogen) atoms. The molecule has 3 heterocycles. The lowest BCUT2D eigenvalue weighted by Crippen LogP contribution is -1.99. The minimum Gasteiger partial charge on any atom is -0.311 e. The summed E-state index contributed by atoms with van der Waals surface area (Å²) in [6.07, 6.45) is 8.64. The summed E-state index contributed by atoms with van der Waals surface area (Å²) in [5, 5.41) is 12.9. The topological polar surface area (TPSA) is 46.5 Å². The smallest absolute Gasteiger partial charge is 0.146 e. The van der Waals surface area contributed by atoms with Crippen molar-refractivity contribution in [3.8, 4) is 11.8 Å². The first-order valence-corrected chi connectivity index (χ1v) is 11.5. The zero-order valence-electron chi connectivity index (χ0n) is 18.4. The highest BCUT2D eigenvalue weighted by Gasteiger charge is 2.20. The monoisotopic (exact) mass is 436 g/mol. The number of aromatic nitrogens is 3. The number of rotatable bonds is 2. The van der Waals surface area contributed by atoms with E-state index in [0.717, 1.165) is 56.9 Å². The quantitative estimate of drug-likeness (QED) is 0.285. The molecule has 1 aliphatic rings. The first-order chi connectivity index (χ1) is 16.8. The maximum atomic E-state index is 9.48. The minimum atomic E-state index is 0.637. The number of hydrogen-bond donors (Lipinski definition) is 0. The lowest BCUT2D eigenvalue weighted by molar-refractivity contribution is 0.979. The van der Waals surface area contributed by atoms with E-state index in [4.69, 9.17) is 4.98 Å². The summed E-state index contributed by atoms with van der Waals surface area (Å²) in [6, 6.07) is 29.2. The lowest BCUT2D eigenvalue weighted by atomic mass is 10.1. The Hall–Kier alpha value is -4.62. The van der Waals surface area contributed by atoms with Gasteiger partial charge in [-0.3, -0.25) is 4.57 Å². The predicted octanol–water partition coefficient (Wildman–Crippen LogP) is 7.35. The molecular formula is C30H20N4. The Morgan fingerprint density at radius 1 is 0.765 bits per heavy atom. The van der Waals surface area contributed by atoms with E-state index in [-0.39, 0.29) is 0 Å². The standard InChI is InChI=1S/C30H20N4/c31-19-20-9-8-12-22(17-20)34-26-15-6-4-13-23(26)25-18-28-29(32-30(25)34)24-14-5-7-16-27(24)33(28)21-10-2-1-3-11-21/h1-2,4-10,12-18H,3,11H2. The second-order valence-corrected chi connectivity index (χ2v) is 8.72. The van der Waals surface area contributed by atoms with Crippen LogP contribution in [-0.4, -0.2) is 14.1 Å². The number of para-hydroxylation sites is 2. The van der Waals surface area contributed by atoms with Crippen molar-refractivity contribution < 1.29 is 0 Å². The van der Waals surface area contributed by atoms with Gasteiger partial charge in [0.2, 0.25) is 0 Å². The second kappa shape index (κ2) is 7.19. The summed E-state index contributed by atoms with van der Waals surface area (Å²) in [5.74, 6) is 0. The summed E-state index contributed by atoms with van der Waals surface area (Å²) >= 11 is 0. The van der Waals surface area contributed by atoms with E-state index in [1.807, 2.05) is 24.3 Å². The van der Waals surface area contributed by atoms with E-state index < -0.39 is 0 Å². The van der Waals surface area contributed by atoms with Crippen LogP contribution in [0.4, 0.5) is 0 Å². The van der Waals surface area contributed by atoms with Gasteiger partial charge < -0.3 is 4.57 Å². The molecule has 0 bridgehead atoms. The zero-order valence-corrected chi connectivity index (χ0v) is 18.4. The molecule has 0 N–H and O–H groups in total. The van der Waals surface area contributed by atoms with Crippen molar-refractivity contribution in [2.45, 2.75) is 12.8 Å². The number of nitriles is 1. The molecule has 160 valence electrons. The molecule has 3 aromatic carbocycles. The Morgan fingerprint density at radius 2 is 1.56 bits per heavy atom. The van der Waals surface area contributed by atoms with Crippen molar-refractivity contribution in [3.63, 3.8) is 0 Å². The fourth-order valence-electron chi connectivity index (χ4n) is 5.30. The van der Waals surface area contributed by atoms with E-state index in [1.54, 1.807) is 0 Å². The highest BCUT2D eigenvalue weighted by Crippen LogP contribution is 2.38. The van der Waals surface area contributed by atoms with Gasteiger partial charge in [0.15, 0.2) is 0 Å². The van der Waals surface area contributed by atoms with Crippen LogP contribution < -0.4 is 0 Å². The second-order valence-electron chi connectivity index (χ2n) is 8.72. The minimum absolute atomic E-state index is 0.637. The number of benzene rings is 3. The molecule has 0 unspecified atom stereocenters. The molecule has 0 saturated carbocycles. The maximum absolute atomic E-state index is 9.48. The van der Waals surface area contributed by atoms with Gasteiger partial charge in [-0.15, -0.1) is 0 Å². The molecule has 4 heteroatoms. The lowest BCUT2D eigenvalue weighted by Gasteiger charge is -2.13. The summed E-state index contributed by atoms with van der Waals surface area (Å²) in [4.78, 5) is 5.30. The van der Waals surface area contributed by atoms with Crippen LogP contribution in [0.3, 0.4) is 0 Å². The van der Waals surface area contributed by atoms with Gasteiger partial charge in [0.1, 0.15) is 5.65 Å². The van der Waals surface area contributed by atoms with Crippen molar-refractivity contribution in [1.29, 1.82) is 5.26 Å². The van der Waals surface area contributed by atoms with Gasteiger partial charge in [0.05, 0.1) is 33.7 Å². The molecule has 0 spiro atoms. The Labute approximate surface area is 196 Å². The van der Waals surface area contributed by atoms with Crippen LogP contribution in [0, 0.1) is 11.3 Å². The highest BCUT2D eigenvalue weighted by molar-refractivity contribution is 6.16. The number of hydrogen-bond acceptors (Lipinski definition) is 2. The largest absolute Gasteiger partial charge is 0.311 e. The van der Waals surface area contributed by atoms with Gasteiger partial charge in [-0.05, 0) is 55.3 Å². The molecular weight excluding hydrogens is 416 g/mol. The van der Waals surface area contributed by atoms with Crippen molar-refractivity contribution in [3.05, 3.63) is 103 Å². The van der Waals surface area contributed by atoms with Gasteiger partial charge in [0.25, 0.3) is 0 Å². The summed E-state index contributed by atoms with van der Waals surface area (Å²) in [5.41, 5.74) is 8.18. The number of pyridine rings is 1. The maximum Gasteiger partial charge on any atom is 0.146 e. The Balaban J connectivity index is 1.66. The molecule has 4 nitrogen and oxygen atoms in total. The summed E-state index contributed by atoms with van der Waals surface area (Å²) < 4.78 is 4.56. The average molecular weight is 437 g/mol. The van der Waals surface area contributed by atoms with Crippen LogP contribution in [0.5, 0.6) is 0 Å². The number of fused-ring (bicyclic) bond motifs is 6. The van der Waals surface area contributed by atoms with Crippen LogP contribution in [-0.2, 0) is 0 Å². The van der Waals surface area contributed by atoms with Crippen LogP contribution in [0.25, 0.3) is 55.3 Å². The van der Waals surface area contributed by atoms with Crippen LogP contribution >= 0.6 is 0 Å². The Kier molecular flexibility index (Phi) is 4.00. The van der Waals surface area contributed by atoms with Crippen LogP contribution in [0.2, 0.25) is 0 Å². The Morgan fingerprint density at radius 3 is 2.35 bits per heavy atom. The molecule has 0 amide bonds. The number of allylic oxidation sites excluding steroid dienone is 4. The third-order valence-corrected chi connectivity index (χ3v) is 6.78. The van der Waals surface area contributed by atoms with E-state index in [0.29, 0.717) is 5.56 Å². The van der Waals surface area contributed by atoms with Crippen LogP contribution in [0.15, 0.2) is 97.1 Å². The van der Waals surface area contributed by atoms with E-state index in [1.165, 1.54) is 11.2 Å². The van der Waals surface area contributed by atoms with Gasteiger partial charge >= 0.3 is 0 Å². The summed E-state index contributed by atoms with van der Waals surface area (Å²) in [6.45, 7) is 0. The Bertz CT molecular complexity index is 1870. The normalized spacial score (nSPS) is 13.7. The zero-order chi connectivity index (χ0) is 22.6. The first kappa shape index (κ1) is 18.9. The SMILES string of the molecule is N#Cc1cccc(-n2c3ccccc3c3cc4c(nc32)c2ccccc2n4C2=CC=CCC2)c1. The molecule has 0 fully saturated rings. The molecule has 3 aromatic heterocycles. The van der Waals surface area contributed by atoms with Gasteiger partial charge in [-0.2, -0.15) is 5.26 Å². The summed E-state index contributed by atoms with van der Waals surface area (Å²) in [7, 11) is 0. The van der Waals surface area contributed by atoms with Crippen molar-refractivity contribution in [1.82, 2.24) is 14.1 Å². The molecule has 0 atom stereocenters. The van der Waals surface area contributed by atoms with Crippen molar-refractivity contribution in [2.24, 2.45) is 0 Å². The molecule has 0 aliphatic heterocycles. The first-order valence-electron chi connectivity index (χ1n) is 11.5. The van der Waals surface area contributed by atoms with E-state index >= 15 is 0 Å². The molecule has 7 rings (SSSR count). The predicted molar refractivity (Wildman–Crippen MR) is 139 cm³/mol. The van der Waals surface area contributed by atoms with Crippen molar-refractivity contribution >= 4 is 49.6 Å². The third-order valence-electron chi connectivity index (χ3n) is 6.78. The van der Waals surface area contributed by atoms with Crippen LogP contribution in [0.1, 0.15) is 18.4 Å². The molecule has 1 aliphatic carbocycles. The van der Waals surface area contributed by atoms with E-state index in [2.05, 4.69) is 88.0 Å². The average Bonchev–Trinajstić information content (AvgIpc) is 3.40.